The van der Waals surface area contributed by atoms with Crippen LogP contribution < -0.4 is 10.5 Å². The molecule has 122 valence electrons. The Morgan fingerprint density at radius 2 is 1.78 bits per heavy atom. The summed E-state index contributed by atoms with van der Waals surface area (Å²) in [6.07, 6.45) is 0.513. The van der Waals surface area contributed by atoms with Crippen LogP contribution >= 0.6 is 67.8 Å². The molecule has 0 aliphatic heterocycles. The fourth-order valence-electron chi connectivity index (χ4n) is 1.89. The lowest BCUT2D eigenvalue weighted by Crippen LogP contribution is -2.30. The first kappa shape index (κ1) is 19.2. The molecule has 3 N–H and O–H groups in total. The minimum Gasteiger partial charge on any atom is -0.507 e. The van der Waals surface area contributed by atoms with Gasteiger partial charge in [0.2, 0.25) is 0 Å². The van der Waals surface area contributed by atoms with Gasteiger partial charge in [-0.1, -0.05) is 0 Å². The summed E-state index contributed by atoms with van der Waals surface area (Å²) >= 11 is 6.48. The number of ether oxygens (including phenoxy) is 1. The lowest BCUT2D eigenvalue weighted by molar-refractivity contribution is -0.118. The third kappa shape index (κ3) is 5.16. The highest BCUT2D eigenvalue weighted by Gasteiger charge is 2.14. The Balaban J connectivity index is 2.26. The van der Waals surface area contributed by atoms with E-state index < -0.39 is 6.04 Å². The highest BCUT2D eigenvalue weighted by molar-refractivity contribution is 14.1. The van der Waals surface area contributed by atoms with Gasteiger partial charge in [0.15, 0.2) is 5.75 Å². The third-order valence-corrected chi connectivity index (χ3v) is 5.64. The average Bonchev–Trinajstić information content (AvgIpc) is 2.46. The average molecular weight is 649 g/mol. The van der Waals surface area contributed by atoms with Gasteiger partial charge in [-0.15, -0.1) is 0 Å². The van der Waals surface area contributed by atoms with Gasteiger partial charge in [-0.2, -0.15) is 0 Å². The van der Waals surface area contributed by atoms with Gasteiger partial charge in [-0.05, 0) is 117 Å². The number of nitrogens with two attached hydrogens (primary N) is 1. The van der Waals surface area contributed by atoms with Crippen molar-refractivity contribution in [1.82, 2.24) is 0 Å². The fraction of sp³-hybridized carbons (Fsp3) is 0.188. The molecule has 0 bridgehead atoms. The molecule has 0 fully saturated rings. The minimum absolute atomic E-state index is 0.0194. The molecule has 2 aromatic carbocycles. The van der Waals surface area contributed by atoms with Gasteiger partial charge < -0.3 is 15.6 Å². The summed E-state index contributed by atoms with van der Waals surface area (Å²) in [5.74, 6) is 1.63. The number of carbonyl (C=O) groups is 1. The van der Waals surface area contributed by atoms with Crippen LogP contribution in [0, 0.1) is 10.7 Å². The summed E-state index contributed by atoms with van der Waals surface area (Å²) in [5, 5.41) is 9.58. The molecule has 0 amide bonds. The van der Waals surface area contributed by atoms with Crippen molar-refractivity contribution < 1.29 is 14.6 Å². The number of hydrogen-bond donors (Lipinski definition) is 2. The van der Waals surface area contributed by atoms with Crippen molar-refractivity contribution in [2.75, 3.05) is 0 Å². The van der Waals surface area contributed by atoms with E-state index in [1.807, 2.05) is 12.1 Å². The molecule has 4 nitrogen and oxygen atoms in total. The van der Waals surface area contributed by atoms with Crippen LogP contribution in [0.1, 0.15) is 12.5 Å². The van der Waals surface area contributed by atoms with Crippen molar-refractivity contribution >= 4 is 73.6 Å². The van der Waals surface area contributed by atoms with Crippen molar-refractivity contribution in [2.24, 2.45) is 5.73 Å². The summed E-state index contributed by atoms with van der Waals surface area (Å²) in [5.41, 5.74) is 6.84. The largest absolute Gasteiger partial charge is 0.507 e. The Kier molecular flexibility index (Phi) is 6.92. The SMILES string of the molecule is CC(=O)C(N)Cc1cc(I)c(Oc2ccc(O)c(I)c2)c(I)c1. The number of aromatic hydroxyl groups is 1. The zero-order valence-corrected chi connectivity index (χ0v) is 18.6. The highest BCUT2D eigenvalue weighted by Crippen LogP contribution is 2.34. The van der Waals surface area contributed by atoms with Crippen LogP contribution in [0.25, 0.3) is 0 Å². The number of ketones is 1. The van der Waals surface area contributed by atoms with Crippen LogP contribution in [0.2, 0.25) is 0 Å². The molecule has 7 heteroatoms. The number of phenols is 1. The van der Waals surface area contributed by atoms with Gasteiger partial charge in [0.25, 0.3) is 0 Å². The first-order valence-corrected chi connectivity index (χ1v) is 9.92. The molecule has 0 radical (unpaired) electrons. The van der Waals surface area contributed by atoms with Crippen LogP contribution in [-0.4, -0.2) is 16.9 Å². The van der Waals surface area contributed by atoms with E-state index in [0.717, 1.165) is 22.0 Å². The maximum absolute atomic E-state index is 11.3. The molecule has 0 aromatic heterocycles. The van der Waals surface area contributed by atoms with Gasteiger partial charge >= 0.3 is 0 Å². The predicted octanol–water partition coefficient (Wildman–Crippen LogP) is 4.46. The summed E-state index contributed by atoms with van der Waals surface area (Å²) < 4.78 is 8.58. The number of halogens is 3. The number of carbonyl (C=O) groups excluding carboxylic acids is 1. The normalized spacial score (nSPS) is 12.0. The summed E-state index contributed by atoms with van der Waals surface area (Å²) in [7, 11) is 0. The summed E-state index contributed by atoms with van der Waals surface area (Å²) in [6, 6.07) is 8.59. The van der Waals surface area contributed by atoms with Crippen molar-refractivity contribution in [2.45, 2.75) is 19.4 Å². The van der Waals surface area contributed by atoms with E-state index in [1.54, 1.807) is 18.2 Å². The first-order valence-electron chi connectivity index (χ1n) is 6.68. The lowest BCUT2D eigenvalue weighted by atomic mass is 10.0. The molecule has 2 aromatic rings. The quantitative estimate of drug-likeness (QED) is 0.470. The highest BCUT2D eigenvalue weighted by atomic mass is 127. The number of benzene rings is 2. The molecule has 2 rings (SSSR count). The van der Waals surface area contributed by atoms with Gasteiger partial charge in [0.05, 0.1) is 16.8 Å². The second kappa shape index (κ2) is 8.30. The molecule has 1 unspecified atom stereocenters. The Labute approximate surface area is 175 Å². The molecule has 23 heavy (non-hydrogen) atoms. The molecular formula is C16H14I3NO3. The topological polar surface area (TPSA) is 72.6 Å². The summed E-state index contributed by atoms with van der Waals surface area (Å²) in [6.45, 7) is 1.50. The van der Waals surface area contributed by atoms with Crippen LogP contribution in [-0.2, 0) is 11.2 Å². The number of phenolic OH excluding ortho intramolecular Hbond substituents is 1. The monoisotopic (exact) mass is 649 g/mol. The van der Waals surface area contributed by atoms with Crippen molar-refractivity contribution in [3.8, 4) is 17.2 Å². The van der Waals surface area contributed by atoms with Crippen molar-refractivity contribution in [3.05, 3.63) is 46.6 Å². The molecule has 0 aliphatic rings. The fourth-order valence-corrected chi connectivity index (χ4v) is 4.50. The van der Waals surface area contributed by atoms with E-state index in [9.17, 15) is 9.90 Å². The van der Waals surface area contributed by atoms with Gasteiger partial charge in [-0.3, -0.25) is 4.79 Å². The number of hydrogen-bond acceptors (Lipinski definition) is 4. The van der Waals surface area contributed by atoms with Crippen LogP contribution in [0.5, 0.6) is 17.2 Å². The van der Waals surface area contributed by atoms with E-state index >= 15 is 0 Å². The van der Waals surface area contributed by atoms with E-state index in [1.165, 1.54) is 6.92 Å². The molecule has 0 saturated heterocycles. The Morgan fingerprint density at radius 3 is 2.30 bits per heavy atom. The lowest BCUT2D eigenvalue weighted by Gasteiger charge is -2.14. The Morgan fingerprint density at radius 1 is 1.17 bits per heavy atom. The van der Waals surface area contributed by atoms with E-state index in [0.29, 0.717) is 12.2 Å². The number of rotatable bonds is 5. The Bertz CT molecular complexity index is 726. The predicted molar refractivity (Wildman–Crippen MR) is 115 cm³/mol. The molecule has 0 heterocycles. The Hall–Kier alpha value is -0.140. The first-order chi connectivity index (χ1) is 10.8. The maximum atomic E-state index is 11.3. The van der Waals surface area contributed by atoms with Crippen LogP contribution in [0.3, 0.4) is 0 Å². The van der Waals surface area contributed by atoms with Crippen LogP contribution in [0.4, 0.5) is 0 Å². The molecule has 0 spiro atoms. The minimum atomic E-state index is -0.480. The molecule has 1 atom stereocenters. The van der Waals surface area contributed by atoms with Crippen molar-refractivity contribution in [1.29, 1.82) is 0 Å². The standard InChI is InChI=1S/C16H14I3NO3/c1-8(21)14(20)6-9-4-12(18)16(13(19)5-9)23-10-2-3-15(22)11(17)7-10/h2-5,7,14,22H,6,20H2,1H3. The third-order valence-electron chi connectivity index (χ3n) is 3.17. The van der Waals surface area contributed by atoms with E-state index in [2.05, 4.69) is 67.8 Å². The second-order valence-corrected chi connectivity index (χ2v) is 8.51. The van der Waals surface area contributed by atoms with Gasteiger partial charge in [0, 0.05) is 0 Å². The zero-order valence-electron chi connectivity index (χ0n) is 12.1. The van der Waals surface area contributed by atoms with Crippen LogP contribution in [0.15, 0.2) is 30.3 Å². The van der Waals surface area contributed by atoms with Crippen molar-refractivity contribution in [3.63, 3.8) is 0 Å². The van der Waals surface area contributed by atoms with Gasteiger partial charge in [-0.25, -0.2) is 0 Å². The smallest absolute Gasteiger partial charge is 0.154 e. The maximum Gasteiger partial charge on any atom is 0.154 e. The molecule has 0 saturated carbocycles. The number of Topliss-reactive ketones (excluding diaryl/α,β-unsaturated/α-hetero) is 1. The summed E-state index contributed by atoms with van der Waals surface area (Å²) in [4.78, 5) is 11.3. The molecule has 0 aliphatic carbocycles. The zero-order chi connectivity index (χ0) is 17.1. The second-order valence-electron chi connectivity index (χ2n) is 5.03. The van der Waals surface area contributed by atoms with E-state index in [4.69, 9.17) is 10.5 Å². The van der Waals surface area contributed by atoms with Gasteiger partial charge in [0.1, 0.15) is 17.3 Å². The molecular weight excluding hydrogens is 635 g/mol. The van der Waals surface area contributed by atoms with E-state index in [-0.39, 0.29) is 11.5 Å².